The van der Waals surface area contributed by atoms with Gasteiger partial charge >= 0.3 is 0 Å². The van der Waals surface area contributed by atoms with Gasteiger partial charge in [0.05, 0.1) is 23.2 Å². The second kappa shape index (κ2) is 5.37. The van der Waals surface area contributed by atoms with Crippen molar-refractivity contribution in [3.05, 3.63) is 58.9 Å². The summed E-state index contributed by atoms with van der Waals surface area (Å²) >= 11 is 6.04. The molecule has 5 heteroatoms. The maximum absolute atomic E-state index is 13.9. The Morgan fingerprint density at radius 1 is 1.24 bits per heavy atom. The lowest BCUT2D eigenvalue weighted by Crippen LogP contribution is -2.35. The molecule has 0 aliphatic carbocycles. The van der Waals surface area contributed by atoms with Crippen molar-refractivity contribution in [2.75, 3.05) is 17.3 Å². The molecule has 1 amide bonds. The van der Waals surface area contributed by atoms with Crippen LogP contribution in [0.1, 0.15) is 18.0 Å². The van der Waals surface area contributed by atoms with Crippen molar-refractivity contribution in [3.8, 4) is 0 Å². The van der Waals surface area contributed by atoms with Gasteiger partial charge in [0, 0.05) is 12.7 Å². The monoisotopic (exact) mass is 304 g/mol. The number of nitrogens with one attached hydrogen (secondary N) is 1. The standard InChI is InChI=1S/C16H14ClFN2O/c1-20-14-8-3-2-5-10(14)13(9-15(20)21)19-16-11(17)6-4-7-12(16)18/h2-8,13,19H,9H2,1H3. The van der Waals surface area contributed by atoms with Crippen LogP contribution >= 0.6 is 11.6 Å². The highest BCUT2D eigenvalue weighted by molar-refractivity contribution is 6.33. The van der Waals surface area contributed by atoms with Crippen molar-refractivity contribution >= 4 is 28.9 Å². The molecule has 3 rings (SSSR count). The molecule has 2 aromatic carbocycles. The Kier molecular flexibility index (Phi) is 3.55. The maximum atomic E-state index is 13.9. The molecule has 1 heterocycles. The molecule has 0 saturated carbocycles. The summed E-state index contributed by atoms with van der Waals surface area (Å²) in [5, 5.41) is 3.37. The summed E-state index contributed by atoms with van der Waals surface area (Å²) in [4.78, 5) is 13.7. The van der Waals surface area contributed by atoms with Gasteiger partial charge in [0.1, 0.15) is 5.82 Å². The zero-order chi connectivity index (χ0) is 15.0. The number of amides is 1. The van der Waals surface area contributed by atoms with E-state index in [9.17, 15) is 9.18 Å². The van der Waals surface area contributed by atoms with Crippen LogP contribution in [0.15, 0.2) is 42.5 Å². The fourth-order valence-electron chi connectivity index (χ4n) is 2.58. The van der Waals surface area contributed by atoms with E-state index < -0.39 is 5.82 Å². The van der Waals surface area contributed by atoms with E-state index in [-0.39, 0.29) is 24.1 Å². The molecule has 0 radical (unpaired) electrons. The minimum atomic E-state index is -0.425. The van der Waals surface area contributed by atoms with Crippen molar-refractivity contribution in [2.24, 2.45) is 0 Å². The highest BCUT2D eigenvalue weighted by atomic mass is 35.5. The van der Waals surface area contributed by atoms with Gasteiger partial charge in [0.2, 0.25) is 5.91 Å². The van der Waals surface area contributed by atoms with Crippen LogP contribution in [-0.2, 0) is 4.79 Å². The number of hydrogen-bond acceptors (Lipinski definition) is 2. The van der Waals surface area contributed by atoms with Gasteiger partial charge in [-0.3, -0.25) is 4.79 Å². The van der Waals surface area contributed by atoms with Crippen LogP contribution in [-0.4, -0.2) is 13.0 Å². The first-order valence-electron chi connectivity index (χ1n) is 6.64. The Labute approximate surface area is 127 Å². The number of nitrogens with zero attached hydrogens (tertiary/aromatic N) is 1. The maximum Gasteiger partial charge on any atom is 0.229 e. The third-order valence-electron chi connectivity index (χ3n) is 3.71. The van der Waals surface area contributed by atoms with Crippen molar-refractivity contribution in [1.82, 2.24) is 0 Å². The molecule has 1 atom stereocenters. The third-order valence-corrected chi connectivity index (χ3v) is 4.02. The number of halogens is 2. The van der Waals surface area contributed by atoms with Gasteiger partial charge in [-0.25, -0.2) is 4.39 Å². The van der Waals surface area contributed by atoms with Crippen LogP contribution in [0.2, 0.25) is 5.02 Å². The molecule has 0 bridgehead atoms. The van der Waals surface area contributed by atoms with Crippen molar-refractivity contribution in [1.29, 1.82) is 0 Å². The first kappa shape index (κ1) is 13.9. The molecule has 1 unspecified atom stereocenters. The number of anilines is 2. The molecule has 0 aromatic heterocycles. The van der Waals surface area contributed by atoms with E-state index in [2.05, 4.69) is 5.32 Å². The smallest absolute Gasteiger partial charge is 0.229 e. The first-order chi connectivity index (χ1) is 10.1. The third kappa shape index (κ3) is 2.47. The Morgan fingerprint density at radius 3 is 2.76 bits per heavy atom. The average Bonchev–Trinajstić information content (AvgIpc) is 2.48. The normalized spacial score (nSPS) is 17.6. The lowest BCUT2D eigenvalue weighted by Gasteiger charge is -2.32. The molecule has 0 fully saturated rings. The topological polar surface area (TPSA) is 32.3 Å². The molecular formula is C16H14ClFN2O. The number of benzene rings is 2. The SMILES string of the molecule is CN1C(=O)CC(Nc2c(F)cccc2Cl)c2ccccc21. The zero-order valence-corrected chi connectivity index (χ0v) is 12.2. The summed E-state index contributed by atoms with van der Waals surface area (Å²) in [6.07, 6.45) is 0.262. The Morgan fingerprint density at radius 2 is 2.00 bits per heavy atom. The van der Waals surface area contributed by atoms with Gasteiger partial charge in [0.15, 0.2) is 0 Å². The van der Waals surface area contributed by atoms with Crippen LogP contribution in [0.5, 0.6) is 0 Å². The predicted octanol–water partition coefficient (Wildman–Crippen LogP) is 4.00. The quantitative estimate of drug-likeness (QED) is 0.909. The average molecular weight is 305 g/mol. The van der Waals surface area contributed by atoms with Crippen molar-refractivity contribution < 1.29 is 9.18 Å². The molecule has 1 aliphatic heterocycles. The molecule has 0 saturated heterocycles. The predicted molar refractivity (Wildman–Crippen MR) is 82.2 cm³/mol. The lowest BCUT2D eigenvalue weighted by molar-refractivity contribution is -0.118. The summed E-state index contributed by atoms with van der Waals surface area (Å²) in [7, 11) is 1.74. The molecule has 0 spiro atoms. The summed E-state index contributed by atoms with van der Waals surface area (Å²) in [5.74, 6) is -0.440. The van der Waals surface area contributed by atoms with Crippen molar-refractivity contribution in [3.63, 3.8) is 0 Å². The van der Waals surface area contributed by atoms with Gasteiger partial charge in [-0.15, -0.1) is 0 Å². The van der Waals surface area contributed by atoms with Crippen LogP contribution in [0, 0.1) is 5.82 Å². The first-order valence-corrected chi connectivity index (χ1v) is 7.01. The molecule has 2 aromatic rings. The number of hydrogen-bond donors (Lipinski definition) is 1. The van der Waals surface area contributed by atoms with Crippen LogP contribution in [0.25, 0.3) is 0 Å². The fourth-order valence-corrected chi connectivity index (χ4v) is 2.80. The van der Waals surface area contributed by atoms with E-state index in [0.717, 1.165) is 11.3 Å². The van der Waals surface area contributed by atoms with Gasteiger partial charge in [-0.2, -0.15) is 0 Å². The van der Waals surface area contributed by atoms with E-state index in [0.29, 0.717) is 5.02 Å². The van der Waals surface area contributed by atoms with Gasteiger partial charge in [-0.05, 0) is 23.8 Å². The van der Waals surface area contributed by atoms with E-state index in [1.165, 1.54) is 6.07 Å². The number of para-hydroxylation sites is 2. The van der Waals surface area contributed by atoms with Crippen LogP contribution in [0.3, 0.4) is 0 Å². The van der Waals surface area contributed by atoms with E-state index in [4.69, 9.17) is 11.6 Å². The molecular weight excluding hydrogens is 291 g/mol. The van der Waals surface area contributed by atoms with Crippen LogP contribution < -0.4 is 10.2 Å². The van der Waals surface area contributed by atoms with Gasteiger partial charge in [0.25, 0.3) is 0 Å². The highest BCUT2D eigenvalue weighted by Crippen LogP contribution is 2.37. The lowest BCUT2D eigenvalue weighted by atomic mass is 9.96. The Balaban J connectivity index is 2.00. The van der Waals surface area contributed by atoms with E-state index in [1.54, 1.807) is 24.1 Å². The second-order valence-electron chi connectivity index (χ2n) is 5.01. The fraction of sp³-hybridized carbons (Fsp3) is 0.188. The molecule has 21 heavy (non-hydrogen) atoms. The summed E-state index contributed by atoms with van der Waals surface area (Å²) in [6.45, 7) is 0. The summed E-state index contributed by atoms with van der Waals surface area (Å²) in [5.41, 5.74) is 2.02. The zero-order valence-electron chi connectivity index (χ0n) is 11.4. The summed E-state index contributed by atoms with van der Waals surface area (Å²) in [6, 6.07) is 11.8. The van der Waals surface area contributed by atoms with Crippen LogP contribution in [0.4, 0.5) is 15.8 Å². The minimum absolute atomic E-state index is 0.0151. The number of rotatable bonds is 2. The van der Waals surface area contributed by atoms with Gasteiger partial charge in [-0.1, -0.05) is 35.9 Å². The Hall–Kier alpha value is -2.07. The number of carbonyl (C=O) groups excluding carboxylic acids is 1. The van der Waals surface area contributed by atoms with Crippen molar-refractivity contribution in [2.45, 2.75) is 12.5 Å². The van der Waals surface area contributed by atoms with Gasteiger partial charge < -0.3 is 10.2 Å². The molecule has 1 N–H and O–H groups in total. The molecule has 1 aliphatic rings. The molecule has 3 nitrogen and oxygen atoms in total. The number of carbonyl (C=O) groups is 1. The largest absolute Gasteiger partial charge is 0.374 e. The molecule has 108 valence electrons. The highest BCUT2D eigenvalue weighted by Gasteiger charge is 2.29. The minimum Gasteiger partial charge on any atom is -0.374 e. The van der Waals surface area contributed by atoms with E-state index >= 15 is 0 Å². The summed E-state index contributed by atoms with van der Waals surface area (Å²) < 4.78 is 13.9. The Bertz CT molecular complexity index is 684. The number of fused-ring (bicyclic) bond motifs is 1. The second-order valence-corrected chi connectivity index (χ2v) is 5.42. The van der Waals surface area contributed by atoms with E-state index in [1.807, 2.05) is 24.3 Å².